The standard InChI is InChI=1S/C37H23N2O.C16H20NSi.Ir/c1-3-13-25(14-4-1)27-18-11-19-28(26-15-5-2-6-16-26)35(27)39-33-23-9-8-22-32(33)38-37(39)31-21-12-20-30-29-17-7-10-24-34(29)40-36(30)31;1-12-6-8-14(9-7-12)15-10-13(2)16(11-17-15)18(3,4)5;/h1-20,22-24H;6-8,10-11H,1-5H3;/q2*-1;. The predicted octanol–water partition coefficient (Wildman–Crippen LogP) is 13.4. The minimum absolute atomic E-state index is 0. The SMILES string of the molecule is Cc1c[c-]c(-c2cc(C)c([Si](C)(C)C)cn2)cc1.[Ir].[c-]1ccc2c(oc3ccccc32)c1-c1nc2ccccc2n1-c1c(-c2ccccc2)cccc1-c1ccccc1. The zero-order valence-electron chi connectivity index (χ0n) is 33.7. The summed E-state index contributed by atoms with van der Waals surface area (Å²) in [5, 5.41) is 3.59. The molecule has 1 radical (unpaired) electrons. The summed E-state index contributed by atoms with van der Waals surface area (Å²) < 4.78 is 8.76. The Balaban J connectivity index is 0.000000215. The number of furan rings is 1. The van der Waals surface area contributed by atoms with Crippen molar-refractivity contribution in [2.45, 2.75) is 33.5 Å². The van der Waals surface area contributed by atoms with Gasteiger partial charge in [0, 0.05) is 42.8 Å². The molecule has 7 aromatic carbocycles. The molecule has 0 saturated carbocycles. The Morgan fingerprint density at radius 1 is 0.644 bits per heavy atom. The third-order valence-corrected chi connectivity index (χ3v) is 12.9. The molecule has 10 rings (SSSR count). The molecule has 0 amide bonds. The zero-order valence-corrected chi connectivity index (χ0v) is 37.1. The van der Waals surface area contributed by atoms with Gasteiger partial charge in [0.1, 0.15) is 5.58 Å². The van der Waals surface area contributed by atoms with Gasteiger partial charge in [-0.3, -0.25) is 4.98 Å². The van der Waals surface area contributed by atoms with E-state index < -0.39 is 8.07 Å². The third kappa shape index (κ3) is 7.75. The Morgan fingerprint density at radius 2 is 1.31 bits per heavy atom. The summed E-state index contributed by atoms with van der Waals surface area (Å²) in [4.78, 5) is 9.83. The van der Waals surface area contributed by atoms with Crippen LogP contribution in [0.1, 0.15) is 11.1 Å². The van der Waals surface area contributed by atoms with Crippen molar-refractivity contribution in [3.05, 3.63) is 193 Å². The molecular formula is C53H43IrN3OSi-2. The minimum Gasteiger partial charge on any atom is -0.501 e. The quantitative estimate of drug-likeness (QED) is 0.123. The summed E-state index contributed by atoms with van der Waals surface area (Å²) in [5.74, 6) is 0.798. The fraction of sp³-hybridized carbons (Fsp3) is 0.0943. The van der Waals surface area contributed by atoms with Crippen LogP contribution in [0, 0.1) is 26.0 Å². The number of pyridine rings is 1. The fourth-order valence-corrected chi connectivity index (χ4v) is 9.62. The molecule has 0 spiro atoms. The van der Waals surface area contributed by atoms with Crippen molar-refractivity contribution in [2.75, 3.05) is 0 Å². The Labute approximate surface area is 360 Å². The van der Waals surface area contributed by atoms with Crippen molar-refractivity contribution < 1.29 is 24.5 Å². The number of aromatic nitrogens is 3. The van der Waals surface area contributed by atoms with Crippen molar-refractivity contribution in [1.29, 1.82) is 0 Å². The van der Waals surface area contributed by atoms with Gasteiger partial charge in [-0.15, -0.1) is 53.6 Å². The molecule has 0 unspecified atom stereocenters. The second-order valence-corrected chi connectivity index (χ2v) is 20.8. The van der Waals surface area contributed by atoms with Crippen LogP contribution < -0.4 is 5.19 Å². The maximum atomic E-state index is 6.47. The number of nitrogens with zero attached hydrogens (tertiary/aromatic N) is 3. The Hall–Kier alpha value is -6.17. The average Bonchev–Trinajstić information content (AvgIpc) is 3.83. The molecule has 3 aromatic heterocycles. The van der Waals surface area contributed by atoms with Gasteiger partial charge in [-0.25, -0.2) is 0 Å². The number of hydrogen-bond acceptors (Lipinski definition) is 3. The van der Waals surface area contributed by atoms with Crippen molar-refractivity contribution in [1.82, 2.24) is 14.5 Å². The number of para-hydroxylation sites is 4. The Kier molecular flexibility index (Phi) is 11.1. The Morgan fingerprint density at radius 3 is 1.97 bits per heavy atom. The molecule has 0 aliphatic heterocycles. The van der Waals surface area contributed by atoms with E-state index in [1.165, 1.54) is 16.3 Å². The van der Waals surface area contributed by atoms with E-state index in [1.54, 1.807) is 0 Å². The van der Waals surface area contributed by atoms with Gasteiger partial charge in [-0.2, -0.15) is 0 Å². The van der Waals surface area contributed by atoms with Crippen LogP contribution in [-0.4, -0.2) is 22.6 Å². The molecule has 0 atom stereocenters. The zero-order chi connectivity index (χ0) is 39.8. The molecule has 291 valence electrons. The first kappa shape index (κ1) is 39.6. The minimum atomic E-state index is -1.28. The molecule has 0 N–H and O–H groups in total. The van der Waals surface area contributed by atoms with Crippen LogP contribution >= 0.6 is 0 Å². The molecule has 0 aliphatic rings. The van der Waals surface area contributed by atoms with Crippen LogP contribution in [-0.2, 0) is 20.1 Å². The Bertz CT molecular complexity index is 3000. The van der Waals surface area contributed by atoms with E-state index in [4.69, 9.17) is 9.40 Å². The van der Waals surface area contributed by atoms with Gasteiger partial charge in [0.05, 0.1) is 36.2 Å². The van der Waals surface area contributed by atoms with Crippen LogP contribution in [0.15, 0.2) is 174 Å². The molecule has 0 aliphatic carbocycles. The van der Waals surface area contributed by atoms with Crippen LogP contribution in [0.25, 0.3) is 83.6 Å². The molecule has 0 bridgehead atoms. The first-order valence-corrected chi connectivity index (χ1v) is 23.2. The van der Waals surface area contributed by atoms with Crippen LogP contribution in [0.3, 0.4) is 0 Å². The maximum Gasteiger partial charge on any atom is 0.120 e. The average molecular weight is 958 g/mol. The van der Waals surface area contributed by atoms with Crippen LogP contribution in [0.2, 0.25) is 19.6 Å². The van der Waals surface area contributed by atoms with Gasteiger partial charge in [-0.1, -0.05) is 158 Å². The topological polar surface area (TPSA) is 43.9 Å². The van der Waals surface area contributed by atoms with Crippen molar-refractivity contribution in [3.63, 3.8) is 0 Å². The van der Waals surface area contributed by atoms with Crippen LogP contribution in [0.4, 0.5) is 0 Å². The normalized spacial score (nSPS) is 11.3. The second-order valence-electron chi connectivity index (χ2n) is 15.8. The van der Waals surface area contributed by atoms with Gasteiger partial charge in [-0.05, 0) is 47.1 Å². The van der Waals surface area contributed by atoms with Gasteiger partial charge in [0.2, 0.25) is 0 Å². The van der Waals surface area contributed by atoms with Crippen molar-refractivity contribution in [2.24, 2.45) is 0 Å². The predicted molar refractivity (Wildman–Crippen MR) is 244 cm³/mol. The fourth-order valence-electron chi connectivity index (χ4n) is 7.91. The molecule has 10 aromatic rings. The van der Waals surface area contributed by atoms with E-state index in [0.717, 1.165) is 83.6 Å². The van der Waals surface area contributed by atoms with E-state index in [9.17, 15) is 0 Å². The molecular weight excluding hydrogens is 915 g/mol. The van der Waals surface area contributed by atoms with Gasteiger partial charge >= 0.3 is 0 Å². The summed E-state index contributed by atoms with van der Waals surface area (Å²) in [7, 11) is -1.28. The summed E-state index contributed by atoms with van der Waals surface area (Å²) in [6.07, 6.45) is 2.06. The second kappa shape index (κ2) is 16.6. The molecule has 3 heterocycles. The van der Waals surface area contributed by atoms with Crippen molar-refractivity contribution >= 4 is 46.2 Å². The molecule has 6 heteroatoms. The van der Waals surface area contributed by atoms with Gasteiger partial charge < -0.3 is 14.0 Å². The number of fused-ring (bicyclic) bond motifs is 4. The summed E-state index contributed by atoms with van der Waals surface area (Å²) in [6, 6.07) is 63.4. The van der Waals surface area contributed by atoms with Crippen molar-refractivity contribution in [3.8, 4) is 50.6 Å². The molecule has 4 nitrogen and oxygen atoms in total. The van der Waals surface area contributed by atoms with E-state index in [1.807, 2.05) is 36.4 Å². The first-order chi connectivity index (χ1) is 28.2. The number of rotatable bonds is 6. The van der Waals surface area contributed by atoms with E-state index in [-0.39, 0.29) is 20.1 Å². The van der Waals surface area contributed by atoms with E-state index >= 15 is 0 Å². The monoisotopic (exact) mass is 958 g/mol. The third-order valence-electron chi connectivity index (χ3n) is 10.7. The van der Waals surface area contributed by atoms with Crippen LogP contribution in [0.5, 0.6) is 0 Å². The largest absolute Gasteiger partial charge is 0.501 e. The van der Waals surface area contributed by atoms with Gasteiger partial charge in [0.25, 0.3) is 0 Å². The number of hydrogen-bond donors (Lipinski definition) is 0. The summed E-state index contributed by atoms with van der Waals surface area (Å²) in [5.41, 5.74) is 14.7. The number of imidazole rings is 1. The summed E-state index contributed by atoms with van der Waals surface area (Å²) >= 11 is 0. The molecule has 0 fully saturated rings. The summed E-state index contributed by atoms with van der Waals surface area (Å²) in [6.45, 7) is 11.3. The number of aryl methyl sites for hydroxylation is 2. The van der Waals surface area contributed by atoms with E-state index in [0.29, 0.717) is 0 Å². The van der Waals surface area contributed by atoms with Gasteiger partial charge in [0.15, 0.2) is 0 Å². The first-order valence-electron chi connectivity index (χ1n) is 19.7. The number of benzene rings is 7. The molecule has 0 saturated heterocycles. The van der Waals surface area contributed by atoms with E-state index in [2.05, 4.69) is 189 Å². The maximum absolute atomic E-state index is 6.47. The molecule has 59 heavy (non-hydrogen) atoms. The smallest absolute Gasteiger partial charge is 0.120 e.